The molecule has 1 N–H and O–H groups in total. The van der Waals surface area contributed by atoms with Gasteiger partial charge in [0.15, 0.2) is 6.10 Å². The zero-order valence-corrected chi connectivity index (χ0v) is 15.8. The minimum atomic E-state index is -0.741. The van der Waals surface area contributed by atoms with Crippen LogP contribution in [-0.2, 0) is 4.79 Å². The molecule has 1 heterocycles. The highest BCUT2D eigenvalue weighted by Crippen LogP contribution is 2.31. The molecule has 27 heavy (non-hydrogen) atoms. The van der Waals surface area contributed by atoms with Crippen LogP contribution in [0.2, 0.25) is 10.0 Å². The molecule has 0 fully saturated rings. The van der Waals surface area contributed by atoms with Gasteiger partial charge in [0.2, 0.25) is 0 Å². The number of para-hydroxylation sites is 1. The maximum atomic E-state index is 12.5. The van der Waals surface area contributed by atoms with Gasteiger partial charge in [0, 0.05) is 27.5 Å². The summed E-state index contributed by atoms with van der Waals surface area (Å²) in [6.45, 7) is 1.65. The zero-order valence-electron chi connectivity index (χ0n) is 14.3. The Balaban J connectivity index is 1.52. The number of carbonyl (C=O) groups excluding carboxylic acids is 1. The lowest BCUT2D eigenvalue weighted by atomic mass is 10.1. The second-order valence-corrected chi connectivity index (χ2v) is 6.98. The largest absolute Gasteiger partial charge is 0.479 e. The molecule has 0 aliphatic heterocycles. The molecule has 0 aliphatic rings. The number of anilines is 1. The molecule has 0 aliphatic carbocycles. The second kappa shape index (κ2) is 7.14. The Morgan fingerprint density at radius 1 is 1.00 bits per heavy atom. The number of amides is 1. The smallest absolute Gasteiger partial charge is 0.265 e. The molecule has 0 unspecified atom stereocenters. The predicted molar refractivity (Wildman–Crippen MR) is 109 cm³/mol. The van der Waals surface area contributed by atoms with Gasteiger partial charge in [-0.2, -0.15) is 0 Å². The first-order chi connectivity index (χ1) is 13.0. The molecular weight excluding hydrogens is 385 g/mol. The van der Waals surface area contributed by atoms with Gasteiger partial charge in [0.05, 0.1) is 5.02 Å². The molecule has 6 heteroatoms. The number of carbonyl (C=O) groups is 1. The maximum absolute atomic E-state index is 12.5. The third-order valence-electron chi connectivity index (χ3n) is 4.21. The van der Waals surface area contributed by atoms with E-state index in [1.54, 1.807) is 31.2 Å². The lowest BCUT2D eigenvalue weighted by Crippen LogP contribution is -2.30. The SMILES string of the molecule is C[C@@H](Oc1ccc(Cl)cc1Cl)C(=O)Nc1ccc2c(c1)oc1ccccc12. The molecule has 0 bridgehead atoms. The number of fused-ring (bicyclic) bond motifs is 3. The average Bonchev–Trinajstić information content (AvgIpc) is 3.01. The zero-order chi connectivity index (χ0) is 19.0. The molecule has 0 radical (unpaired) electrons. The fourth-order valence-electron chi connectivity index (χ4n) is 2.86. The van der Waals surface area contributed by atoms with Gasteiger partial charge in [-0.15, -0.1) is 0 Å². The van der Waals surface area contributed by atoms with Crippen LogP contribution in [0.4, 0.5) is 5.69 Å². The molecule has 1 amide bonds. The van der Waals surface area contributed by atoms with Crippen molar-refractivity contribution >= 4 is 56.7 Å². The van der Waals surface area contributed by atoms with Crippen LogP contribution < -0.4 is 10.1 Å². The van der Waals surface area contributed by atoms with Crippen LogP contribution in [0.25, 0.3) is 21.9 Å². The summed E-state index contributed by atoms with van der Waals surface area (Å²) in [5.74, 6) is 0.105. The van der Waals surface area contributed by atoms with E-state index in [1.807, 2.05) is 36.4 Å². The van der Waals surface area contributed by atoms with Crippen molar-refractivity contribution in [2.75, 3.05) is 5.32 Å². The highest BCUT2D eigenvalue weighted by molar-refractivity contribution is 6.35. The summed E-state index contributed by atoms with van der Waals surface area (Å²) >= 11 is 12.0. The quantitative estimate of drug-likeness (QED) is 0.438. The van der Waals surface area contributed by atoms with E-state index in [1.165, 1.54) is 0 Å². The van der Waals surface area contributed by atoms with Crippen molar-refractivity contribution in [1.82, 2.24) is 0 Å². The Hall–Kier alpha value is -2.69. The highest BCUT2D eigenvalue weighted by atomic mass is 35.5. The van der Waals surface area contributed by atoms with Gasteiger partial charge >= 0.3 is 0 Å². The Kier molecular flexibility index (Phi) is 4.68. The molecule has 4 rings (SSSR count). The van der Waals surface area contributed by atoms with Crippen LogP contribution in [0.5, 0.6) is 5.75 Å². The molecule has 1 atom stereocenters. The third kappa shape index (κ3) is 3.59. The van der Waals surface area contributed by atoms with Crippen LogP contribution in [0, 0.1) is 0 Å². The molecule has 4 aromatic rings. The number of hydrogen-bond acceptors (Lipinski definition) is 3. The number of halogens is 2. The van der Waals surface area contributed by atoms with E-state index in [0.717, 1.165) is 16.4 Å². The van der Waals surface area contributed by atoms with Crippen LogP contribution in [-0.4, -0.2) is 12.0 Å². The first kappa shape index (κ1) is 17.7. The van der Waals surface area contributed by atoms with Crippen molar-refractivity contribution in [2.24, 2.45) is 0 Å². The average molecular weight is 400 g/mol. The van der Waals surface area contributed by atoms with Crippen LogP contribution >= 0.6 is 23.2 Å². The van der Waals surface area contributed by atoms with E-state index in [-0.39, 0.29) is 5.91 Å². The monoisotopic (exact) mass is 399 g/mol. The summed E-state index contributed by atoms with van der Waals surface area (Å²) in [4.78, 5) is 12.5. The summed E-state index contributed by atoms with van der Waals surface area (Å²) in [6, 6.07) is 18.2. The fraction of sp³-hybridized carbons (Fsp3) is 0.0952. The summed E-state index contributed by atoms with van der Waals surface area (Å²) < 4.78 is 11.5. The van der Waals surface area contributed by atoms with Crippen molar-refractivity contribution in [2.45, 2.75) is 13.0 Å². The third-order valence-corrected chi connectivity index (χ3v) is 4.74. The molecule has 4 nitrogen and oxygen atoms in total. The fourth-order valence-corrected chi connectivity index (χ4v) is 3.32. The minimum absolute atomic E-state index is 0.295. The summed E-state index contributed by atoms with van der Waals surface area (Å²) in [7, 11) is 0. The first-order valence-electron chi connectivity index (χ1n) is 8.35. The topological polar surface area (TPSA) is 51.5 Å². The van der Waals surface area contributed by atoms with E-state index >= 15 is 0 Å². The van der Waals surface area contributed by atoms with Crippen LogP contribution in [0.15, 0.2) is 65.1 Å². The van der Waals surface area contributed by atoms with Gasteiger partial charge in [-0.25, -0.2) is 0 Å². The second-order valence-electron chi connectivity index (χ2n) is 6.13. The predicted octanol–water partition coefficient (Wildman–Crippen LogP) is 6.30. The maximum Gasteiger partial charge on any atom is 0.265 e. The molecule has 0 saturated carbocycles. The summed E-state index contributed by atoms with van der Waals surface area (Å²) in [5.41, 5.74) is 2.15. The van der Waals surface area contributed by atoms with E-state index in [2.05, 4.69) is 5.32 Å². The van der Waals surface area contributed by atoms with E-state index in [4.69, 9.17) is 32.4 Å². The Morgan fingerprint density at radius 3 is 2.59 bits per heavy atom. The number of benzene rings is 3. The van der Waals surface area contributed by atoms with E-state index < -0.39 is 6.10 Å². The molecule has 0 saturated heterocycles. The van der Waals surface area contributed by atoms with Crippen molar-refractivity contribution in [3.8, 4) is 5.75 Å². The normalized spacial score (nSPS) is 12.3. The van der Waals surface area contributed by atoms with Gasteiger partial charge in [-0.3, -0.25) is 4.79 Å². The van der Waals surface area contributed by atoms with E-state index in [0.29, 0.717) is 27.1 Å². The Bertz CT molecular complexity index is 1150. The van der Waals surface area contributed by atoms with E-state index in [9.17, 15) is 4.79 Å². The molecular formula is C21H15Cl2NO3. The lowest BCUT2D eigenvalue weighted by Gasteiger charge is -2.15. The molecule has 3 aromatic carbocycles. The number of furan rings is 1. The Morgan fingerprint density at radius 2 is 1.78 bits per heavy atom. The number of nitrogens with one attached hydrogen (secondary N) is 1. The molecule has 0 spiro atoms. The van der Waals surface area contributed by atoms with Crippen molar-refractivity contribution in [3.63, 3.8) is 0 Å². The van der Waals surface area contributed by atoms with Crippen molar-refractivity contribution in [3.05, 3.63) is 70.7 Å². The van der Waals surface area contributed by atoms with Gasteiger partial charge in [-0.05, 0) is 43.3 Å². The standard InChI is InChI=1S/C21H15Cl2NO3/c1-12(26-19-9-6-13(22)10-17(19)23)21(25)24-14-7-8-16-15-4-2-3-5-18(15)27-20(16)11-14/h2-12H,1H3,(H,24,25)/t12-/m1/s1. The van der Waals surface area contributed by atoms with Crippen molar-refractivity contribution < 1.29 is 13.9 Å². The lowest BCUT2D eigenvalue weighted by molar-refractivity contribution is -0.122. The molecule has 1 aromatic heterocycles. The highest BCUT2D eigenvalue weighted by Gasteiger charge is 2.17. The molecule has 136 valence electrons. The first-order valence-corrected chi connectivity index (χ1v) is 9.11. The number of ether oxygens (including phenoxy) is 1. The Labute approximate surface area is 165 Å². The van der Waals surface area contributed by atoms with Gasteiger partial charge < -0.3 is 14.5 Å². The number of rotatable bonds is 4. The van der Waals surface area contributed by atoms with Crippen LogP contribution in [0.1, 0.15) is 6.92 Å². The number of hydrogen-bond donors (Lipinski definition) is 1. The van der Waals surface area contributed by atoms with Gasteiger partial charge in [0.25, 0.3) is 5.91 Å². The van der Waals surface area contributed by atoms with Crippen LogP contribution in [0.3, 0.4) is 0 Å². The summed E-state index contributed by atoms with van der Waals surface area (Å²) in [5, 5.41) is 5.73. The van der Waals surface area contributed by atoms with Gasteiger partial charge in [-0.1, -0.05) is 41.4 Å². The van der Waals surface area contributed by atoms with Gasteiger partial charge in [0.1, 0.15) is 16.9 Å². The minimum Gasteiger partial charge on any atom is -0.479 e. The summed E-state index contributed by atoms with van der Waals surface area (Å²) in [6.07, 6.45) is -0.741. The van der Waals surface area contributed by atoms with Crippen molar-refractivity contribution in [1.29, 1.82) is 0 Å².